The van der Waals surface area contributed by atoms with Gasteiger partial charge in [-0.05, 0) is 49.2 Å². The van der Waals surface area contributed by atoms with E-state index in [1.165, 1.54) is 12.1 Å². The fourth-order valence-corrected chi connectivity index (χ4v) is 3.22. The van der Waals surface area contributed by atoms with Gasteiger partial charge in [0.25, 0.3) is 5.91 Å². The Bertz CT molecular complexity index is 1030. The second-order valence-corrected chi connectivity index (χ2v) is 6.60. The molecule has 9 heteroatoms. The van der Waals surface area contributed by atoms with Crippen LogP contribution < -0.4 is 15.0 Å². The number of ether oxygens (including phenoxy) is 1. The molecule has 1 fully saturated rings. The molecular weight excluding hydrogens is 385 g/mol. The molecule has 29 heavy (non-hydrogen) atoms. The minimum atomic E-state index is -4.77. The maximum Gasteiger partial charge on any atom is 0.573 e. The topological polar surface area (TPSA) is 67.3 Å². The molecule has 0 radical (unpaired) electrons. The van der Waals surface area contributed by atoms with Crippen LogP contribution in [0.5, 0.6) is 5.75 Å². The summed E-state index contributed by atoms with van der Waals surface area (Å²) in [5, 5.41) is 2.67. The zero-order valence-corrected chi connectivity index (χ0v) is 15.2. The summed E-state index contributed by atoms with van der Waals surface area (Å²) < 4.78 is 40.7. The Morgan fingerprint density at radius 2 is 1.59 bits per heavy atom. The van der Waals surface area contributed by atoms with E-state index in [2.05, 4.69) is 20.0 Å². The van der Waals surface area contributed by atoms with E-state index >= 15 is 0 Å². The van der Waals surface area contributed by atoms with Crippen molar-refractivity contribution in [1.82, 2.24) is 9.97 Å². The first-order valence-electron chi connectivity index (χ1n) is 9.08. The number of hydrogen-bond donors (Lipinski definition) is 1. The molecule has 1 aliphatic rings. The van der Waals surface area contributed by atoms with Gasteiger partial charge in [0.15, 0.2) is 11.5 Å². The fourth-order valence-electron chi connectivity index (χ4n) is 3.22. The van der Waals surface area contributed by atoms with Gasteiger partial charge in [-0.1, -0.05) is 12.1 Å². The van der Waals surface area contributed by atoms with Crippen molar-refractivity contribution in [3.8, 4) is 5.75 Å². The average Bonchev–Trinajstić information content (AvgIpc) is 3.22. The van der Waals surface area contributed by atoms with Gasteiger partial charge in [-0.2, -0.15) is 0 Å². The van der Waals surface area contributed by atoms with Crippen LogP contribution in [0.15, 0.2) is 48.5 Å². The standard InChI is InChI=1S/C20H17F3N4O2/c21-20(22,23)29-14-9-7-13(8-10-14)24-19(28)17-18(27-11-3-4-12-27)26-16-6-2-1-5-15(16)25-17/h1-2,5-10H,3-4,11-12H2,(H,24,28). The number of nitrogens with zero attached hydrogens (tertiary/aromatic N) is 3. The van der Waals surface area contributed by atoms with E-state index in [0.29, 0.717) is 22.5 Å². The number of carbonyl (C=O) groups is 1. The summed E-state index contributed by atoms with van der Waals surface area (Å²) in [6, 6.07) is 12.2. The highest BCUT2D eigenvalue weighted by Crippen LogP contribution is 2.27. The predicted molar refractivity (Wildman–Crippen MR) is 102 cm³/mol. The third kappa shape index (κ3) is 4.39. The SMILES string of the molecule is O=C(Nc1ccc(OC(F)(F)F)cc1)c1nc2ccccc2nc1N1CCCC1. The number of hydrogen-bond acceptors (Lipinski definition) is 5. The highest BCUT2D eigenvalue weighted by molar-refractivity contribution is 6.07. The summed E-state index contributed by atoms with van der Waals surface area (Å²) in [5.41, 5.74) is 1.79. The number of carbonyl (C=O) groups excluding carboxylic acids is 1. The van der Waals surface area contributed by atoms with Crippen molar-refractivity contribution < 1.29 is 22.7 Å². The van der Waals surface area contributed by atoms with Crippen LogP contribution >= 0.6 is 0 Å². The van der Waals surface area contributed by atoms with E-state index in [4.69, 9.17) is 0 Å². The van der Waals surface area contributed by atoms with Crippen molar-refractivity contribution in [2.75, 3.05) is 23.3 Å². The quantitative estimate of drug-likeness (QED) is 0.702. The number of anilines is 2. The Morgan fingerprint density at radius 3 is 2.21 bits per heavy atom. The van der Waals surface area contributed by atoms with Crippen LogP contribution in [0, 0.1) is 0 Å². The number of fused-ring (bicyclic) bond motifs is 1. The summed E-state index contributed by atoms with van der Waals surface area (Å²) in [7, 11) is 0. The monoisotopic (exact) mass is 402 g/mol. The molecule has 0 atom stereocenters. The molecule has 2 aromatic carbocycles. The van der Waals surface area contributed by atoms with Gasteiger partial charge in [0.05, 0.1) is 11.0 Å². The van der Waals surface area contributed by atoms with Crippen LogP contribution in [0.25, 0.3) is 11.0 Å². The molecule has 150 valence electrons. The van der Waals surface area contributed by atoms with Crippen LogP contribution in [0.4, 0.5) is 24.7 Å². The Labute approximate surface area is 164 Å². The number of nitrogens with one attached hydrogen (secondary N) is 1. The smallest absolute Gasteiger partial charge is 0.406 e. The zero-order chi connectivity index (χ0) is 20.4. The van der Waals surface area contributed by atoms with Crippen LogP contribution in [0.1, 0.15) is 23.3 Å². The lowest BCUT2D eigenvalue weighted by molar-refractivity contribution is -0.274. The molecule has 0 aliphatic carbocycles. The van der Waals surface area contributed by atoms with Crippen molar-refractivity contribution in [3.05, 3.63) is 54.2 Å². The number of alkyl halides is 3. The molecule has 1 amide bonds. The molecule has 0 bridgehead atoms. The lowest BCUT2D eigenvalue weighted by atomic mass is 10.2. The van der Waals surface area contributed by atoms with Crippen molar-refractivity contribution in [3.63, 3.8) is 0 Å². The Hall–Kier alpha value is -3.36. The number of benzene rings is 2. The van der Waals surface area contributed by atoms with Crippen molar-refractivity contribution in [2.24, 2.45) is 0 Å². The summed E-state index contributed by atoms with van der Waals surface area (Å²) in [6.45, 7) is 1.58. The van der Waals surface area contributed by atoms with Crippen LogP contribution in [0.3, 0.4) is 0 Å². The van der Waals surface area contributed by atoms with E-state index in [0.717, 1.165) is 38.1 Å². The minimum absolute atomic E-state index is 0.182. The molecule has 0 saturated carbocycles. The molecule has 0 spiro atoms. The van der Waals surface area contributed by atoms with Gasteiger partial charge in [0, 0.05) is 18.8 Å². The van der Waals surface area contributed by atoms with Gasteiger partial charge in [-0.25, -0.2) is 9.97 Å². The second kappa shape index (κ2) is 7.57. The lowest BCUT2D eigenvalue weighted by Crippen LogP contribution is -2.25. The molecule has 1 N–H and O–H groups in total. The van der Waals surface area contributed by atoms with Gasteiger partial charge in [-0.15, -0.1) is 13.2 Å². The average molecular weight is 402 g/mol. The Morgan fingerprint density at radius 1 is 0.966 bits per heavy atom. The first-order valence-corrected chi connectivity index (χ1v) is 9.08. The van der Waals surface area contributed by atoms with E-state index < -0.39 is 12.3 Å². The van der Waals surface area contributed by atoms with Crippen molar-refractivity contribution in [2.45, 2.75) is 19.2 Å². The van der Waals surface area contributed by atoms with Crippen molar-refractivity contribution >= 4 is 28.4 Å². The van der Waals surface area contributed by atoms with Gasteiger partial charge < -0.3 is 15.0 Å². The Kier molecular flexibility index (Phi) is 4.96. The maximum atomic E-state index is 12.9. The normalized spacial score (nSPS) is 14.2. The van der Waals surface area contributed by atoms with E-state index in [9.17, 15) is 18.0 Å². The zero-order valence-electron chi connectivity index (χ0n) is 15.2. The Balaban J connectivity index is 1.61. The van der Waals surface area contributed by atoms with Crippen LogP contribution in [-0.4, -0.2) is 35.3 Å². The molecule has 1 aliphatic heterocycles. The summed E-state index contributed by atoms with van der Waals surface area (Å²) in [5.74, 6) is -0.330. The molecule has 6 nitrogen and oxygen atoms in total. The van der Waals surface area contributed by atoms with E-state index in [1.807, 2.05) is 23.1 Å². The maximum absolute atomic E-state index is 12.9. The highest BCUT2D eigenvalue weighted by Gasteiger charge is 2.31. The van der Waals surface area contributed by atoms with Gasteiger partial charge in [0.2, 0.25) is 0 Å². The van der Waals surface area contributed by atoms with Gasteiger partial charge in [-0.3, -0.25) is 4.79 Å². The minimum Gasteiger partial charge on any atom is -0.406 e. The third-order valence-electron chi connectivity index (χ3n) is 4.52. The molecule has 3 aromatic rings. The van der Waals surface area contributed by atoms with Gasteiger partial charge in [0.1, 0.15) is 5.75 Å². The number of para-hydroxylation sites is 2. The molecule has 0 unspecified atom stereocenters. The fraction of sp³-hybridized carbons (Fsp3) is 0.250. The third-order valence-corrected chi connectivity index (χ3v) is 4.52. The first kappa shape index (κ1) is 19.0. The molecule has 4 rings (SSSR count). The summed E-state index contributed by atoms with van der Waals surface area (Å²) in [4.78, 5) is 24.0. The number of halogens is 3. The van der Waals surface area contributed by atoms with E-state index in [-0.39, 0.29) is 11.4 Å². The number of rotatable bonds is 4. The van der Waals surface area contributed by atoms with Crippen molar-refractivity contribution in [1.29, 1.82) is 0 Å². The highest BCUT2D eigenvalue weighted by atomic mass is 19.4. The first-order chi connectivity index (χ1) is 13.9. The predicted octanol–water partition coefficient (Wildman–Crippen LogP) is 4.38. The summed E-state index contributed by atoms with van der Waals surface area (Å²) >= 11 is 0. The lowest BCUT2D eigenvalue weighted by Gasteiger charge is -2.19. The molecule has 2 heterocycles. The van der Waals surface area contributed by atoms with Gasteiger partial charge >= 0.3 is 6.36 Å². The molecule has 1 saturated heterocycles. The number of amides is 1. The molecule has 1 aromatic heterocycles. The van der Waals surface area contributed by atoms with E-state index in [1.54, 1.807) is 6.07 Å². The van der Waals surface area contributed by atoms with Crippen LogP contribution in [0.2, 0.25) is 0 Å². The van der Waals surface area contributed by atoms with Crippen LogP contribution in [-0.2, 0) is 0 Å². The number of aromatic nitrogens is 2. The second-order valence-electron chi connectivity index (χ2n) is 6.60. The summed E-state index contributed by atoms with van der Waals surface area (Å²) in [6.07, 6.45) is -2.75. The largest absolute Gasteiger partial charge is 0.573 e. The molecular formula is C20H17F3N4O2.